The van der Waals surface area contributed by atoms with Gasteiger partial charge in [-0.2, -0.15) is 0 Å². The molecule has 1 aliphatic rings. The highest BCUT2D eigenvalue weighted by atomic mass is 32.1. The number of hydrogen-bond acceptors (Lipinski definition) is 3. The van der Waals surface area contributed by atoms with Crippen molar-refractivity contribution in [3.63, 3.8) is 0 Å². The molecule has 5 nitrogen and oxygen atoms in total. The van der Waals surface area contributed by atoms with Gasteiger partial charge in [0.15, 0.2) is 5.11 Å². The van der Waals surface area contributed by atoms with E-state index in [1.54, 1.807) is 0 Å². The molecule has 1 fully saturated rings. The van der Waals surface area contributed by atoms with Crippen LogP contribution in [0.2, 0.25) is 0 Å². The van der Waals surface area contributed by atoms with Crippen molar-refractivity contribution in [1.82, 2.24) is 15.6 Å². The van der Waals surface area contributed by atoms with E-state index in [-0.39, 0.29) is 12.0 Å². The second kappa shape index (κ2) is 9.49. The lowest BCUT2D eigenvalue weighted by molar-refractivity contribution is 0.114. The largest absolute Gasteiger partial charge is 0.378 e. The van der Waals surface area contributed by atoms with Crippen LogP contribution in [0.15, 0.2) is 54.7 Å². The van der Waals surface area contributed by atoms with Crippen molar-refractivity contribution in [3.8, 4) is 0 Å². The Bertz CT molecular complexity index is 976. The summed E-state index contributed by atoms with van der Waals surface area (Å²) in [7, 11) is 4.12. The Balaban J connectivity index is 1.52. The second-order valence-electron chi connectivity index (χ2n) is 8.05. The van der Waals surface area contributed by atoms with Crippen molar-refractivity contribution in [2.45, 2.75) is 24.9 Å². The van der Waals surface area contributed by atoms with Crippen LogP contribution in [-0.4, -0.2) is 50.0 Å². The van der Waals surface area contributed by atoms with E-state index in [1.807, 2.05) is 0 Å². The van der Waals surface area contributed by atoms with Crippen molar-refractivity contribution < 1.29 is 4.74 Å². The summed E-state index contributed by atoms with van der Waals surface area (Å²) in [6, 6.07) is 17.2. The number of para-hydroxylation sites is 1. The van der Waals surface area contributed by atoms with Crippen LogP contribution in [0.25, 0.3) is 10.9 Å². The van der Waals surface area contributed by atoms with Crippen LogP contribution in [0.4, 0.5) is 5.69 Å². The molecule has 30 heavy (non-hydrogen) atoms. The molecule has 2 aromatic carbocycles. The molecule has 0 bridgehead atoms. The molecule has 2 atom stereocenters. The predicted molar refractivity (Wildman–Crippen MR) is 128 cm³/mol. The highest BCUT2D eigenvalue weighted by molar-refractivity contribution is 7.80. The van der Waals surface area contributed by atoms with Gasteiger partial charge in [0.2, 0.25) is 0 Å². The summed E-state index contributed by atoms with van der Waals surface area (Å²) in [6.45, 7) is 2.35. The smallest absolute Gasteiger partial charge is 0.166 e. The summed E-state index contributed by atoms with van der Waals surface area (Å²) in [6.07, 6.45) is 4.64. The minimum Gasteiger partial charge on any atom is -0.378 e. The molecule has 4 rings (SSSR count). The third-order valence-corrected chi connectivity index (χ3v) is 6.08. The topological polar surface area (TPSA) is 52.3 Å². The lowest BCUT2D eigenvalue weighted by Crippen LogP contribution is -2.41. The van der Waals surface area contributed by atoms with Crippen molar-refractivity contribution in [1.29, 1.82) is 0 Å². The SMILES string of the molecule is CN(C)c1ccc([C@H](CNC(=S)NC[C@@H]2CCCO2)c2c[nH]c3ccccc23)cc1. The van der Waals surface area contributed by atoms with Crippen LogP contribution in [0.1, 0.15) is 29.9 Å². The van der Waals surface area contributed by atoms with Crippen LogP contribution >= 0.6 is 12.2 Å². The Morgan fingerprint density at radius 2 is 1.97 bits per heavy atom. The first kappa shape index (κ1) is 20.7. The zero-order chi connectivity index (χ0) is 20.9. The van der Waals surface area contributed by atoms with Gasteiger partial charge in [-0.1, -0.05) is 30.3 Å². The highest BCUT2D eigenvalue weighted by Crippen LogP contribution is 2.31. The van der Waals surface area contributed by atoms with Gasteiger partial charge in [-0.25, -0.2) is 0 Å². The monoisotopic (exact) mass is 422 g/mol. The third kappa shape index (κ3) is 4.77. The Kier molecular flexibility index (Phi) is 6.55. The van der Waals surface area contributed by atoms with Crippen LogP contribution < -0.4 is 15.5 Å². The highest BCUT2D eigenvalue weighted by Gasteiger charge is 2.20. The molecule has 0 radical (unpaired) electrons. The summed E-state index contributed by atoms with van der Waals surface area (Å²) in [5.74, 6) is 0.180. The van der Waals surface area contributed by atoms with E-state index in [4.69, 9.17) is 17.0 Å². The number of nitrogens with zero attached hydrogens (tertiary/aromatic N) is 1. The maximum absolute atomic E-state index is 5.68. The third-order valence-electron chi connectivity index (χ3n) is 5.79. The van der Waals surface area contributed by atoms with Crippen LogP contribution in [0.5, 0.6) is 0 Å². The number of aromatic nitrogens is 1. The fourth-order valence-electron chi connectivity index (χ4n) is 4.06. The Hall–Kier alpha value is -2.57. The maximum atomic E-state index is 5.68. The molecule has 1 saturated heterocycles. The van der Waals surface area contributed by atoms with Crippen molar-refractivity contribution in [2.24, 2.45) is 0 Å². The van der Waals surface area contributed by atoms with Gasteiger partial charge in [0.1, 0.15) is 0 Å². The van der Waals surface area contributed by atoms with Gasteiger partial charge in [0.25, 0.3) is 0 Å². The summed E-state index contributed by atoms with van der Waals surface area (Å²) in [5.41, 5.74) is 4.89. The average Bonchev–Trinajstić information content (AvgIpc) is 3.43. The van der Waals surface area contributed by atoms with Gasteiger partial charge in [-0.3, -0.25) is 0 Å². The molecule has 0 aliphatic carbocycles. The predicted octanol–water partition coefficient (Wildman–Crippen LogP) is 4.01. The number of anilines is 1. The second-order valence-corrected chi connectivity index (χ2v) is 8.46. The first-order valence-corrected chi connectivity index (χ1v) is 11.0. The van der Waals surface area contributed by atoms with Crippen LogP contribution in [0.3, 0.4) is 0 Å². The van der Waals surface area contributed by atoms with Gasteiger partial charge in [0.05, 0.1) is 6.10 Å². The average molecular weight is 423 g/mol. The summed E-state index contributed by atoms with van der Waals surface area (Å²) in [5, 5.41) is 8.68. The number of rotatable bonds is 7. The van der Waals surface area contributed by atoms with E-state index in [1.165, 1.54) is 22.2 Å². The van der Waals surface area contributed by atoms with E-state index in [0.29, 0.717) is 5.11 Å². The molecule has 0 saturated carbocycles. The molecule has 1 aromatic heterocycles. The molecule has 1 aliphatic heterocycles. The minimum atomic E-state index is 0.180. The number of fused-ring (bicyclic) bond motifs is 1. The van der Waals surface area contributed by atoms with E-state index >= 15 is 0 Å². The fourth-order valence-corrected chi connectivity index (χ4v) is 4.23. The molecule has 3 N–H and O–H groups in total. The number of aromatic amines is 1. The summed E-state index contributed by atoms with van der Waals surface area (Å²) >= 11 is 5.54. The molecule has 6 heteroatoms. The van der Waals surface area contributed by atoms with Crippen LogP contribution in [0, 0.1) is 0 Å². The van der Waals surface area contributed by atoms with E-state index in [0.717, 1.165) is 38.1 Å². The summed E-state index contributed by atoms with van der Waals surface area (Å²) in [4.78, 5) is 5.53. The first-order valence-electron chi connectivity index (χ1n) is 10.6. The molecule has 3 aromatic rings. The first-order chi connectivity index (χ1) is 14.6. The van der Waals surface area contributed by atoms with Gasteiger partial charge in [-0.15, -0.1) is 0 Å². The molecular formula is C24H30N4OS. The number of nitrogens with one attached hydrogen (secondary N) is 3. The quantitative estimate of drug-likeness (QED) is 0.503. The molecule has 0 amide bonds. The van der Waals surface area contributed by atoms with Crippen molar-refractivity contribution >= 4 is 33.9 Å². The number of H-pyrrole nitrogens is 1. The number of thiocarbonyl (C=S) groups is 1. The van der Waals surface area contributed by atoms with E-state index < -0.39 is 0 Å². The molecule has 0 unspecified atom stereocenters. The minimum absolute atomic E-state index is 0.180. The van der Waals surface area contributed by atoms with Crippen molar-refractivity contribution in [3.05, 3.63) is 65.9 Å². The summed E-state index contributed by atoms with van der Waals surface area (Å²) < 4.78 is 5.68. The standard InChI is InChI=1S/C24H30N4OS/c1-28(2)18-11-9-17(10-12-18)21(22-16-25-23-8-4-3-7-20(22)23)15-27-24(30)26-14-19-6-5-13-29-19/h3-4,7-12,16,19,21,25H,5-6,13-15H2,1-2H3,(H2,26,27,30)/t19-,21-/m0/s1. The number of hydrogen-bond donors (Lipinski definition) is 3. The Morgan fingerprint density at radius 1 is 1.17 bits per heavy atom. The maximum Gasteiger partial charge on any atom is 0.166 e. The lowest BCUT2D eigenvalue weighted by Gasteiger charge is -2.21. The van der Waals surface area contributed by atoms with E-state index in [2.05, 4.69) is 89.3 Å². The molecular weight excluding hydrogens is 392 g/mol. The normalized spacial score (nSPS) is 17.1. The van der Waals surface area contributed by atoms with Crippen molar-refractivity contribution in [2.75, 3.05) is 38.7 Å². The zero-order valence-corrected chi connectivity index (χ0v) is 18.5. The molecule has 2 heterocycles. The number of ether oxygens (including phenoxy) is 1. The Labute approximate surface area is 183 Å². The fraction of sp³-hybridized carbons (Fsp3) is 0.375. The van der Waals surface area contributed by atoms with Gasteiger partial charge < -0.3 is 25.3 Å². The van der Waals surface area contributed by atoms with Gasteiger partial charge in [0, 0.05) is 62.5 Å². The van der Waals surface area contributed by atoms with Gasteiger partial charge >= 0.3 is 0 Å². The zero-order valence-electron chi connectivity index (χ0n) is 17.7. The molecule has 158 valence electrons. The number of benzene rings is 2. The van der Waals surface area contributed by atoms with Crippen LogP contribution in [-0.2, 0) is 4.74 Å². The molecule has 0 spiro atoms. The van der Waals surface area contributed by atoms with E-state index in [9.17, 15) is 0 Å². The lowest BCUT2D eigenvalue weighted by atomic mass is 9.90. The Morgan fingerprint density at radius 3 is 2.70 bits per heavy atom. The van der Waals surface area contributed by atoms with Gasteiger partial charge in [-0.05, 0) is 54.4 Å².